The molecule has 2 amide bonds. The fourth-order valence-electron chi connectivity index (χ4n) is 2.47. The lowest BCUT2D eigenvalue weighted by atomic mass is 10.1. The summed E-state index contributed by atoms with van der Waals surface area (Å²) in [5.74, 6) is -0.233. The molecule has 1 aliphatic rings. The van der Waals surface area contributed by atoms with Crippen molar-refractivity contribution in [2.75, 3.05) is 11.9 Å². The van der Waals surface area contributed by atoms with Gasteiger partial charge in [-0.05, 0) is 38.0 Å². The van der Waals surface area contributed by atoms with Crippen LogP contribution in [0.2, 0.25) is 0 Å². The first-order chi connectivity index (χ1) is 9.51. The van der Waals surface area contributed by atoms with Crippen LogP contribution >= 0.6 is 0 Å². The van der Waals surface area contributed by atoms with Crippen molar-refractivity contribution >= 4 is 17.5 Å². The molecule has 1 fully saturated rings. The molecule has 1 atom stereocenters. The second-order valence-corrected chi connectivity index (χ2v) is 5.58. The zero-order valence-electron chi connectivity index (χ0n) is 12.3. The van der Waals surface area contributed by atoms with Gasteiger partial charge in [-0.3, -0.25) is 9.59 Å². The summed E-state index contributed by atoms with van der Waals surface area (Å²) in [7, 11) is 0. The first-order valence-corrected chi connectivity index (χ1v) is 7.20. The van der Waals surface area contributed by atoms with Gasteiger partial charge in [-0.1, -0.05) is 19.1 Å². The maximum Gasteiger partial charge on any atom is 0.229 e. The Hall–Kier alpha value is -1.84. The molecule has 0 aliphatic carbocycles. The summed E-state index contributed by atoms with van der Waals surface area (Å²) in [6.45, 7) is 6.57. The highest BCUT2D eigenvalue weighted by Crippen LogP contribution is 2.22. The molecule has 0 spiro atoms. The van der Waals surface area contributed by atoms with E-state index in [-0.39, 0.29) is 23.8 Å². The molecule has 1 aliphatic heterocycles. The molecule has 1 saturated heterocycles. The highest BCUT2D eigenvalue weighted by Gasteiger charge is 2.35. The Morgan fingerprint density at radius 1 is 1.35 bits per heavy atom. The molecule has 1 N–H and O–H groups in total. The van der Waals surface area contributed by atoms with Crippen molar-refractivity contribution in [1.29, 1.82) is 0 Å². The summed E-state index contributed by atoms with van der Waals surface area (Å²) in [5.41, 5.74) is 2.03. The number of nitrogens with one attached hydrogen (secondary N) is 1. The lowest BCUT2D eigenvalue weighted by Gasteiger charge is -2.20. The molecule has 2 rings (SSSR count). The smallest absolute Gasteiger partial charge is 0.229 e. The summed E-state index contributed by atoms with van der Waals surface area (Å²) in [5, 5.41) is 2.90. The van der Waals surface area contributed by atoms with Crippen LogP contribution in [0, 0.1) is 5.92 Å². The molecule has 0 bridgehead atoms. The summed E-state index contributed by atoms with van der Waals surface area (Å²) >= 11 is 0. The van der Waals surface area contributed by atoms with Crippen LogP contribution in [0.5, 0.6) is 0 Å². The van der Waals surface area contributed by atoms with Crippen molar-refractivity contribution < 1.29 is 9.59 Å². The van der Waals surface area contributed by atoms with Crippen molar-refractivity contribution in [3.8, 4) is 0 Å². The van der Waals surface area contributed by atoms with Gasteiger partial charge in [0, 0.05) is 24.7 Å². The monoisotopic (exact) mass is 274 g/mol. The molecule has 20 heavy (non-hydrogen) atoms. The molecule has 4 heteroatoms. The van der Waals surface area contributed by atoms with E-state index in [9.17, 15) is 9.59 Å². The molecule has 0 radical (unpaired) electrons. The van der Waals surface area contributed by atoms with Crippen molar-refractivity contribution in [1.82, 2.24) is 4.90 Å². The van der Waals surface area contributed by atoms with E-state index in [4.69, 9.17) is 0 Å². The minimum Gasteiger partial charge on any atom is -0.339 e. The molecule has 0 aromatic heterocycles. The van der Waals surface area contributed by atoms with Crippen LogP contribution in [0.1, 0.15) is 32.8 Å². The number of amides is 2. The van der Waals surface area contributed by atoms with Crippen molar-refractivity contribution in [2.24, 2.45) is 5.92 Å². The fourth-order valence-corrected chi connectivity index (χ4v) is 2.47. The molecule has 0 saturated carbocycles. The first-order valence-electron chi connectivity index (χ1n) is 7.20. The lowest BCUT2D eigenvalue weighted by Crippen LogP contribution is -2.33. The van der Waals surface area contributed by atoms with Crippen LogP contribution in [0.15, 0.2) is 24.3 Å². The minimum absolute atomic E-state index is 0.0641. The third-order valence-electron chi connectivity index (χ3n) is 3.78. The number of aryl methyl sites for hydroxylation is 1. The van der Waals surface area contributed by atoms with Gasteiger partial charge < -0.3 is 10.2 Å². The number of hydrogen-bond donors (Lipinski definition) is 1. The first kappa shape index (κ1) is 14.6. The molecule has 108 valence electrons. The Balaban J connectivity index is 1.97. The molecular formula is C16H22N2O2. The van der Waals surface area contributed by atoms with E-state index in [1.165, 1.54) is 5.56 Å². The second kappa shape index (κ2) is 6.07. The normalized spacial score (nSPS) is 18.7. The quantitative estimate of drug-likeness (QED) is 0.916. The highest BCUT2D eigenvalue weighted by molar-refractivity contribution is 5.97. The minimum atomic E-state index is -0.240. The molecule has 1 aromatic rings. The topological polar surface area (TPSA) is 49.4 Å². The zero-order valence-corrected chi connectivity index (χ0v) is 12.3. The van der Waals surface area contributed by atoms with E-state index in [1.807, 2.05) is 38.1 Å². The Bertz CT molecular complexity index is 494. The Morgan fingerprint density at radius 3 is 2.50 bits per heavy atom. The van der Waals surface area contributed by atoms with Gasteiger partial charge in [-0.15, -0.1) is 0 Å². The number of rotatable bonds is 4. The van der Waals surface area contributed by atoms with Crippen molar-refractivity contribution in [2.45, 2.75) is 39.7 Å². The Labute approximate surface area is 120 Å². The number of nitrogens with zero attached hydrogens (tertiary/aromatic N) is 1. The van der Waals surface area contributed by atoms with Crippen LogP contribution in [-0.4, -0.2) is 29.3 Å². The van der Waals surface area contributed by atoms with Crippen LogP contribution < -0.4 is 5.32 Å². The number of carbonyl (C=O) groups excluding carboxylic acids is 2. The largest absolute Gasteiger partial charge is 0.339 e. The van der Waals surface area contributed by atoms with Crippen molar-refractivity contribution in [3.05, 3.63) is 29.8 Å². The molecule has 1 aromatic carbocycles. The van der Waals surface area contributed by atoms with Crippen LogP contribution in [0.25, 0.3) is 0 Å². The van der Waals surface area contributed by atoms with E-state index < -0.39 is 0 Å². The van der Waals surface area contributed by atoms with Gasteiger partial charge in [0.25, 0.3) is 0 Å². The maximum atomic E-state index is 12.2. The van der Waals surface area contributed by atoms with Gasteiger partial charge in [0.2, 0.25) is 11.8 Å². The average Bonchev–Trinajstić information content (AvgIpc) is 2.82. The number of hydrogen-bond acceptors (Lipinski definition) is 2. The van der Waals surface area contributed by atoms with Gasteiger partial charge in [0.05, 0.1) is 5.92 Å². The summed E-state index contributed by atoms with van der Waals surface area (Å²) < 4.78 is 0. The highest BCUT2D eigenvalue weighted by atomic mass is 16.2. The van der Waals surface area contributed by atoms with E-state index in [0.717, 1.165) is 12.1 Å². The van der Waals surface area contributed by atoms with E-state index >= 15 is 0 Å². The molecular weight excluding hydrogens is 252 g/mol. The second-order valence-electron chi connectivity index (χ2n) is 5.58. The number of benzene rings is 1. The van der Waals surface area contributed by atoms with Crippen molar-refractivity contribution in [3.63, 3.8) is 0 Å². The zero-order chi connectivity index (χ0) is 14.7. The van der Waals surface area contributed by atoms with Gasteiger partial charge in [-0.25, -0.2) is 0 Å². The fraction of sp³-hybridized carbons (Fsp3) is 0.500. The molecule has 4 nitrogen and oxygen atoms in total. The SMILES string of the molecule is CCc1ccc(NC(=O)[C@H]2CC(=O)N(C(C)C)C2)cc1. The third-order valence-corrected chi connectivity index (χ3v) is 3.78. The molecule has 0 unspecified atom stereocenters. The Kier molecular flexibility index (Phi) is 4.42. The van der Waals surface area contributed by atoms with E-state index in [1.54, 1.807) is 4.90 Å². The van der Waals surface area contributed by atoms with E-state index in [2.05, 4.69) is 12.2 Å². The summed E-state index contributed by atoms with van der Waals surface area (Å²) in [6, 6.07) is 8.00. The Morgan fingerprint density at radius 2 is 2.00 bits per heavy atom. The van der Waals surface area contributed by atoms with Crippen LogP contribution in [0.3, 0.4) is 0 Å². The number of anilines is 1. The molecule has 1 heterocycles. The predicted molar refractivity (Wildman–Crippen MR) is 79.4 cm³/mol. The summed E-state index contributed by atoms with van der Waals surface area (Å²) in [4.78, 5) is 25.8. The maximum absolute atomic E-state index is 12.2. The average molecular weight is 274 g/mol. The summed E-state index contributed by atoms with van der Waals surface area (Å²) in [6.07, 6.45) is 1.30. The number of likely N-dealkylation sites (tertiary alicyclic amines) is 1. The van der Waals surface area contributed by atoms with Crippen LogP contribution in [0.4, 0.5) is 5.69 Å². The number of carbonyl (C=O) groups is 2. The standard InChI is InChI=1S/C16H22N2O2/c1-4-12-5-7-14(8-6-12)17-16(20)13-9-15(19)18(10-13)11(2)3/h5-8,11,13H,4,9-10H2,1-3H3,(H,17,20)/t13-/m0/s1. The van der Waals surface area contributed by atoms with E-state index in [0.29, 0.717) is 13.0 Å². The lowest BCUT2D eigenvalue weighted by molar-refractivity contribution is -0.129. The van der Waals surface area contributed by atoms with Gasteiger partial charge in [0.1, 0.15) is 0 Å². The van der Waals surface area contributed by atoms with Gasteiger partial charge >= 0.3 is 0 Å². The van der Waals surface area contributed by atoms with Gasteiger partial charge in [0.15, 0.2) is 0 Å². The third kappa shape index (κ3) is 3.18. The van der Waals surface area contributed by atoms with Crippen LogP contribution in [-0.2, 0) is 16.0 Å². The van der Waals surface area contributed by atoms with Gasteiger partial charge in [-0.2, -0.15) is 0 Å². The predicted octanol–water partition coefficient (Wildman–Crippen LogP) is 2.44.